The second-order valence-corrected chi connectivity index (χ2v) is 7.36. The molecular weight excluding hydrogens is 308 g/mol. The van der Waals surface area contributed by atoms with E-state index >= 15 is 0 Å². The average molecular weight is 332 g/mol. The summed E-state index contributed by atoms with van der Waals surface area (Å²) in [7, 11) is 0. The van der Waals surface area contributed by atoms with E-state index < -0.39 is 0 Å². The molecule has 0 aliphatic heterocycles. The molecule has 1 aliphatic carbocycles. The van der Waals surface area contributed by atoms with Gasteiger partial charge in [-0.1, -0.05) is 30.3 Å². The largest absolute Gasteiger partial charge is 0.361 e. The fraction of sp³-hybridized carbons (Fsp3) is 0.588. The van der Waals surface area contributed by atoms with Crippen molar-refractivity contribution < 1.29 is 4.52 Å². The molecule has 124 valence electrons. The summed E-state index contributed by atoms with van der Waals surface area (Å²) in [5.41, 5.74) is 2.11. The molecule has 0 radical (unpaired) electrons. The van der Waals surface area contributed by atoms with Gasteiger partial charge in [0.15, 0.2) is 5.16 Å². The highest BCUT2D eigenvalue weighted by Crippen LogP contribution is 2.29. The topological polar surface area (TPSA) is 63.8 Å². The molecule has 0 saturated heterocycles. The van der Waals surface area contributed by atoms with Gasteiger partial charge in [-0.25, -0.2) is 9.97 Å². The fourth-order valence-electron chi connectivity index (χ4n) is 3.21. The second kappa shape index (κ2) is 7.93. The molecule has 1 fully saturated rings. The minimum absolute atomic E-state index is 0.532. The summed E-state index contributed by atoms with van der Waals surface area (Å²) < 4.78 is 5.37. The van der Waals surface area contributed by atoms with Gasteiger partial charge in [-0.3, -0.25) is 0 Å². The lowest BCUT2D eigenvalue weighted by Gasteiger charge is -2.20. The number of rotatable bonds is 7. The van der Waals surface area contributed by atoms with Gasteiger partial charge in [-0.05, 0) is 31.4 Å². The van der Waals surface area contributed by atoms with Crippen molar-refractivity contribution in [3.63, 3.8) is 0 Å². The summed E-state index contributed by atoms with van der Waals surface area (Å²) >= 11 is 1.67. The van der Waals surface area contributed by atoms with Gasteiger partial charge in [0.1, 0.15) is 5.76 Å². The quantitative estimate of drug-likeness (QED) is 0.619. The maximum absolute atomic E-state index is 5.37. The normalized spacial score (nSPS) is 21.0. The number of nitrogens with one attached hydrogen (secondary N) is 1. The summed E-state index contributed by atoms with van der Waals surface area (Å²) in [5, 5.41) is 8.52. The Morgan fingerprint density at radius 3 is 2.83 bits per heavy atom. The van der Waals surface area contributed by atoms with Crippen molar-refractivity contribution in [3.05, 3.63) is 35.5 Å². The van der Waals surface area contributed by atoms with Gasteiger partial charge in [0, 0.05) is 43.0 Å². The Balaban J connectivity index is 1.52. The Morgan fingerprint density at radius 1 is 1.30 bits per heavy atom. The highest BCUT2D eigenvalue weighted by Gasteiger charge is 2.28. The van der Waals surface area contributed by atoms with Crippen molar-refractivity contribution in [2.75, 3.05) is 5.75 Å². The van der Waals surface area contributed by atoms with Gasteiger partial charge in [0.2, 0.25) is 0 Å². The standard InChI is InChI=1S/C17H24N4OS/c1-3-23-17-19-10-13(11-20-17)9-18-16-6-4-5-14(16)8-15-7-12(2)21-22-15/h7,10-11,14,16,18H,3-6,8-9H2,1-2H3/t14-,16+/m0/s1. The van der Waals surface area contributed by atoms with E-state index in [1.54, 1.807) is 11.8 Å². The summed E-state index contributed by atoms with van der Waals surface area (Å²) in [4.78, 5) is 8.78. The third-order valence-electron chi connectivity index (χ3n) is 4.32. The molecule has 2 heterocycles. The van der Waals surface area contributed by atoms with Gasteiger partial charge in [0.05, 0.1) is 5.69 Å². The molecule has 1 N–H and O–H groups in total. The molecule has 2 aromatic heterocycles. The SMILES string of the molecule is CCSc1ncc(CN[C@@H]2CCC[C@H]2Cc2cc(C)no2)cn1. The van der Waals surface area contributed by atoms with Crippen molar-refractivity contribution in [1.82, 2.24) is 20.4 Å². The molecule has 6 heteroatoms. The molecule has 2 aromatic rings. The number of hydrogen-bond donors (Lipinski definition) is 1. The lowest BCUT2D eigenvalue weighted by atomic mass is 9.98. The maximum Gasteiger partial charge on any atom is 0.187 e. The molecule has 5 nitrogen and oxygen atoms in total. The summed E-state index contributed by atoms with van der Waals surface area (Å²) in [6.45, 7) is 4.91. The van der Waals surface area contributed by atoms with Crippen LogP contribution in [0.25, 0.3) is 0 Å². The van der Waals surface area contributed by atoms with Crippen LogP contribution in [-0.2, 0) is 13.0 Å². The predicted octanol–water partition coefficient (Wildman–Crippen LogP) is 3.39. The van der Waals surface area contributed by atoms with Crippen molar-refractivity contribution in [2.24, 2.45) is 5.92 Å². The van der Waals surface area contributed by atoms with Crippen LogP contribution in [0.3, 0.4) is 0 Å². The summed E-state index contributed by atoms with van der Waals surface area (Å²) in [6, 6.07) is 2.58. The van der Waals surface area contributed by atoms with Gasteiger partial charge >= 0.3 is 0 Å². The van der Waals surface area contributed by atoms with E-state index in [2.05, 4.69) is 27.4 Å². The molecule has 23 heavy (non-hydrogen) atoms. The Labute approximate surface area is 141 Å². The number of nitrogens with zero attached hydrogens (tertiary/aromatic N) is 3. The van der Waals surface area contributed by atoms with Crippen LogP contribution < -0.4 is 5.32 Å². The Kier molecular flexibility index (Phi) is 5.67. The van der Waals surface area contributed by atoms with Gasteiger partial charge in [-0.15, -0.1) is 0 Å². The fourth-order valence-corrected chi connectivity index (χ4v) is 3.72. The van der Waals surface area contributed by atoms with Crippen LogP contribution in [-0.4, -0.2) is 26.9 Å². The average Bonchev–Trinajstić information content (AvgIpc) is 3.16. The van der Waals surface area contributed by atoms with Crippen LogP contribution in [0.5, 0.6) is 0 Å². The Morgan fingerprint density at radius 2 is 2.13 bits per heavy atom. The van der Waals surface area contributed by atoms with E-state index in [4.69, 9.17) is 4.52 Å². The van der Waals surface area contributed by atoms with Crippen molar-refractivity contribution >= 4 is 11.8 Å². The smallest absolute Gasteiger partial charge is 0.187 e. The highest BCUT2D eigenvalue weighted by atomic mass is 32.2. The van der Waals surface area contributed by atoms with Crippen molar-refractivity contribution in [3.8, 4) is 0 Å². The Bertz CT molecular complexity index is 613. The first-order valence-corrected chi connectivity index (χ1v) is 9.32. The molecular formula is C17H24N4OS. The van der Waals surface area contributed by atoms with E-state index in [-0.39, 0.29) is 0 Å². The monoisotopic (exact) mass is 332 g/mol. The van der Waals surface area contributed by atoms with Crippen LogP contribution in [0.2, 0.25) is 0 Å². The molecule has 0 unspecified atom stereocenters. The number of thioether (sulfide) groups is 1. The zero-order valence-electron chi connectivity index (χ0n) is 13.8. The third-order valence-corrected chi connectivity index (χ3v) is 5.08. The van der Waals surface area contributed by atoms with E-state index in [1.807, 2.05) is 25.4 Å². The van der Waals surface area contributed by atoms with Crippen LogP contribution in [0.1, 0.15) is 43.2 Å². The number of aromatic nitrogens is 3. The number of aryl methyl sites for hydroxylation is 1. The van der Waals surface area contributed by atoms with Crippen LogP contribution in [0.15, 0.2) is 28.1 Å². The van der Waals surface area contributed by atoms with E-state index in [0.717, 1.165) is 40.9 Å². The third kappa shape index (κ3) is 4.54. The zero-order valence-corrected chi connectivity index (χ0v) is 14.6. The van der Waals surface area contributed by atoms with Crippen molar-refractivity contribution in [1.29, 1.82) is 0 Å². The van der Waals surface area contributed by atoms with Crippen molar-refractivity contribution in [2.45, 2.75) is 57.3 Å². The molecule has 0 bridgehead atoms. The van der Waals surface area contributed by atoms with Gasteiger partial charge in [0.25, 0.3) is 0 Å². The molecule has 1 saturated carbocycles. The summed E-state index contributed by atoms with van der Waals surface area (Å²) in [5.74, 6) is 2.63. The molecule has 0 aromatic carbocycles. The molecule has 0 amide bonds. The van der Waals surface area contributed by atoms with Crippen LogP contribution in [0, 0.1) is 12.8 Å². The maximum atomic E-state index is 5.37. The minimum atomic E-state index is 0.532. The lowest BCUT2D eigenvalue weighted by molar-refractivity contribution is 0.329. The van der Waals surface area contributed by atoms with Crippen LogP contribution in [0.4, 0.5) is 0 Å². The molecule has 0 spiro atoms. The van der Waals surface area contributed by atoms with E-state index in [9.17, 15) is 0 Å². The second-order valence-electron chi connectivity index (χ2n) is 6.12. The first kappa shape index (κ1) is 16.5. The zero-order chi connectivity index (χ0) is 16.1. The molecule has 2 atom stereocenters. The van der Waals surface area contributed by atoms with E-state index in [0.29, 0.717) is 12.0 Å². The first-order chi connectivity index (χ1) is 11.2. The van der Waals surface area contributed by atoms with E-state index in [1.165, 1.54) is 19.3 Å². The minimum Gasteiger partial charge on any atom is -0.361 e. The Hall–Kier alpha value is -1.40. The number of hydrogen-bond acceptors (Lipinski definition) is 6. The van der Waals surface area contributed by atoms with Crippen LogP contribution >= 0.6 is 11.8 Å². The lowest BCUT2D eigenvalue weighted by Crippen LogP contribution is -2.33. The van der Waals surface area contributed by atoms with Gasteiger partial charge < -0.3 is 9.84 Å². The first-order valence-electron chi connectivity index (χ1n) is 8.34. The van der Waals surface area contributed by atoms with Gasteiger partial charge in [-0.2, -0.15) is 0 Å². The molecule has 1 aliphatic rings. The predicted molar refractivity (Wildman–Crippen MR) is 91.3 cm³/mol. The molecule has 3 rings (SSSR count). The highest BCUT2D eigenvalue weighted by molar-refractivity contribution is 7.99. The summed E-state index contributed by atoms with van der Waals surface area (Å²) in [6.07, 6.45) is 8.59.